The molecule has 1 unspecified atom stereocenters. The number of carbonyl (C=O) groups excluding carboxylic acids is 1. The molecule has 0 saturated heterocycles. The number of hydrogen-bond donors (Lipinski definition) is 2. The van der Waals surface area contributed by atoms with Gasteiger partial charge in [-0.1, -0.05) is 30.3 Å². The average Bonchev–Trinajstić information content (AvgIpc) is 2.44. The summed E-state index contributed by atoms with van der Waals surface area (Å²) in [7, 11) is 0. The second-order valence-electron chi connectivity index (χ2n) is 4.43. The number of benzene rings is 2. The molecule has 20 heavy (non-hydrogen) atoms. The number of hydrogen-bond acceptors (Lipinski definition) is 2. The fourth-order valence-electron chi connectivity index (χ4n) is 1.87. The van der Waals surface area contributed by atoms with E-state index >= 15 is 0 Å². The van der Waals surface area contributed by atoms with Crippen molar-refractivity contribution in [2.45, 2.75) is 13.0 Å². The first-order valence-corrected chi connectivity index (χ1v) is 6.10. The van der Waals surface area contributed by atoms with Crippen LogP contribution in [-0.2, 0) is 0 Å². The summed E-state index contributed by atoms with van der Waals surface area (Å²) in [4.78, 5) is 12.0. The van der Waals surface area contributed by atoms with Gasteiger partial charge in [-0.2, -0.15) is 0 Å². The molecule has 3 N–H and O–H groups in total. The van der Waals surface area contributed by atoms with E-state index in [4.69, 9.17) is 5.73 Å². The van der Waals surface area contributed by atoms with Crippen LogP contribution in [0.25, 0.3) is 0 Å². The third-order valence-electron chi connectivity index (χ3n) is 3.00. The minimum Gasteiger partial charge on any atom is -0.396 e. The molecule has 0 radical (unpaired) electrons. The Balaban J connectivity index is 2.23. The first kappa shape index (κ1) is 14.0. The molecule has 3 nitrogen and oxygen atoms in total. The van der Waals surface area contributed by atoms with Crippen molar-refractivity contribution in [1.82, 2.24) is 5.32 Å². The van der Waals surface area contributed by atoms with Gasteiger partial charge in [-0.3, -0.25) is 4.79 Å². The molecule has 0 fully saturated rings. The van der Waals surface area contributed by atoms with Crippen molar-refractivity contribution in [2.75, 3.05) is 5.73 Å². The Kier molecular flexibility index (Phi) is 3.98. The molecule has 1 atom stereocenters. The van der Waals surface area contributed by atoms with E-state index in [2.05, 4.69) is 5.32 Å². The molecule has 0 aromatic heterocycles. The summed E-state index contributed by atoms with van der Waals surface area (Å²) < 4.78 is 27.3. The number of nitrogen functional groups attached to an aromatic ring is 1. The van der Waals surface area contributed by atoms with Gasteiger partial charge in [0.1, 0.15) is 11.4 Å². The maximum atomic E-state index is 13.7. The van der Waals surface area contributed by atoms with Gasteiger partial charge < -0.3 is 11.1 Å². The van der Waals surface area contributed by atoms with E-state index in [1.807, 2.05) is 30.3 Å². The van der Waals surface area contributed by atoms with Crippen molar-refractivity contribution in [3.8, 4) is 0 Å². The Morgan fingerprint density at radius 1 is 1.15 bits per heavy atom. The smallest absolute Gasteiger partial charge is 0.257 e. The third kappa shape index (κ3) is 2.77. The third-order valence-corrected chi connectivity index (χ3v) is 3.00. The topological polar surface area (TPSA) is 55.1 Å². The summed E-state index contributed by atoms with van der Waals surface area (Å²) >= 11 is 0. The number of halogens is 2. The van der Waals surface area contributed by atoms with E-state index in [1.165, 1.54) is 0 Å². The lowest BCUT2D eigenvalue weighted by Crippen LogP contribution is -2.28. The second kappa shape index (κ2) is 5.69. The van der Waals surface area contributed by atoms with E-state index in [-0.39, 0.29) is 11.7 Å². The maximum Gasteiger partial charge on any atom is 0.257 e. The van der Waals surface area contributed by atoms with Gasteiger partial charge in [-0.15, -0.1) is 0 Å². The Morgan fingerprint density at radius 3 is 2.45 bits per heavy atom. The normalized spacial score (nSPS) is 11.9. The number of nitrogens with one attached hydrogen (secondary N) is 1. The molecule has 0 spiro atoms. The molecule has 5 heteroatoms. The van der Waals surface area contributed by atoms with Crippen molar-refractivity contribution < 1.29 is 13.6 Å². The van der Waals surface area contributed by atoms with Gasteiger partial charge in [0.2, 0.25) is 0 Å². The van der Waals surface area contributed by atoms with Crippen LogP contribution in [0.5, 0.6) is 0 Å². The van der Waals surface area contributed by atoms with Gasteiger partial charge in [0, 0.05) is 0 Å². The maximum absolute atomic E-state index is 13.7. The van der Waals surface area contributed by atoms with Crippen molar-refractivity contribution in [3.63, 3.8) is 0 Å². The molecule has 0 aliphatic carbocycles. The van der Waals surface area contributed by atoms with Crippen LogP contribution in [0.4, 0.5) is 14.5 Å². The number of rotatable bonds is 3. The van der Waals surface area contributed by atoms with Crippen molar-refractivity contribution >= 4 is 11.6 Å². The molecular formula is C15H14F2N2O. The summed E-state index contributed by atoms with van der Waals surface area (Å²) in [5.74, 6) is -2.80. The largest absolute Gasteiger partial charge is 0.396 e. The molecule has 0 heterocycles. The number of amides is 1. The zero-order valence-corrected chi connectivity index (χ0v) is 10.9. The highest BCUT2D eigenvalue weighted by atomic mass is 19.1. The van der Waals surface area contributed by atoms with Gasteiger partial charge in [0.15, 0.2) is 5.82 Å². The van der Waals surface area contributed by atoms with Gasteiger partial charge in [-0.25, -0.2) is 8.78 Å². The van der Waals surface area contributed by atoms with Crippen LogP contribution in [0.1, 0.15) is 28.9 Å². The number of nitrogens with two attached hydrogens (primary N) is 1. The molecule has 2 aromatic carbocycles. The van der Waals surface area contributed by atoms with Crippen molar-refractivity contribution in [1.29, 1.82) is 0 Å². The van der Waals surface area contributed by atoms with Gasteiger partial charge >= 0.3 is 0 Å². The van der Waals surface area contributed by atoms with Crippen LogP contribution in [0.2, 0.25) is 0 Å². The summed E-state index contributed by atoms with van der Waals surface area (Å²) in [5.41, 5.74) is 5.27. The second-order valence-corrected chi connectivity index (χ2v) is 4.43. The van der Waals surface area contributed by atoms with Crippen LogP contribution in [0, 0.1) is 11.6 Å². The molecule has 0 bridgehead atoms. The summed E-state index contributed by atoms with van der Waals surface area (Å²) in [6, 6.07) is 10.8. The first-order chi connectivity index (χ1) is 9.50. The van der Waals surface area contributed by atoms with Crippen molar-refractivity contribution in [2.24, 2.45) is 0 Å². The van der Waals surface area contributed by atoms with Crippen LogP contribution in [0.3, 0.4) is 0 Å². The zero-order valence-electron chi connectivity index (χ0n) is 10.9. The Hall–Kier alpha value is -2.43. The quantitative estimate of drug-likeness (QED) is 0.847. The summed E-state index contributed by atoms with van der Waals surface area (Å²) in [5, 5.41) is 2.55. The van der Waals surface area contributed by atoms with E-state index in [1.54, 1.807) is 6.92 Å². The Bertz CT molecular complexity index is 629. The minimum absolute atomic E-state index is 0.260. The average molecular weight is 276 g/mol. The molecule has 1 amide bonds. The van der Waals surface area contributed by atoms with Crippen LogP contribution < -0.4 is 11.1 Å². The Morgan fingerprint density at radius 2 is 1.80 bits per heavy atom. The monoisotopic (exact) mass is 276 g/mol. The molecular weight excluding hydrogens is 262 g/mol. The van der Waals surface area contributed by atoms with Crippen LogP contribution in [-0.4, -0.2) is 5.91 Å². The Labute approximate surface area is 115 Å². The van der Waals surface area contributed by atoms with E-state index in [9.17, 15) is 13.6 Å². The zero-order chi connectivity index (χ0) is 14.7. The summed E-state index contributed by atoms with van der Waals surface area (Å²) in [6.07, 6.45) is 0. The molecule has 0 saturated carbocycles. The fourth-order valence-corrected chi connectivity index (χ4v) is 1.87. The summed E-state index contributed by atoms with van der Waals surface area (Å²) in [6.45, 7) is 1.73. The number of carbonyl (C=O) groups is 1. The highest BCUT2D eigenvalue weighted by Crippen LogP contribution is 2.20. The molecule has 2 aromatic rings. The minimum atomic E-state index is -1.04. The van der Waals surface area contributed by atoms with Crippen molar-refractivity contribution in [3.05, 3.63) is 65.2 Å². The molecule has 104 valence electrons. The van der Waals surface area contributed by atoms with E-state index in [0.29, 0.717) is 0 Å². The highest BCUT2D eigenvalue weighted by molar-refractivity contribution is 5.95. The molecule has 0 aliphatic heterocycles. The van der Waals surface area contributed by atoms with Gasteiger partial charge in [-0.05, 0) is 24.6 Å². The van der Waals surface area contributed by atoms with Gasteiger partial charge in [0.25, 0.3) is 5.91 Å². The highest BCUT2D eigenvalue weighted by Gasteiger charge is 2.21. The standard InChI is InChI=1S/C15H14F2N2O/c1-9(10-5-3-2-4-6-10)19-15(20)13-11(16)7-8-12(18)14(13)17/h2-9H,18H2,1H3,(H,19,20). The SMILES string of the molecule is CC(NC(=O)c1c(F)ccc(N)c1F)c1ccccc1. The van der Waals surface area contributed by atoms with Crippen LogP contribution >= 0.6 is 0 Å². The molecule has 2 rings (SSSR count). The van der Waals surface area contributed by atoms with E-state index < -0.39 is 23.1 Å². The fraction of sp³-hybridized carbons (Fsp3) is 0.133. The lowest BCUT2D eigenvalue weighted by molar-refractivity contribution is 0.0931. The predicted octanol–water partition coefficient (Wildman–Crippen LogP) is 3.04. The van der Waals surface area contributed by atoms with Gasteiger partial charge in [0.05, 0.1) is 11.7 Å². The van der Waals surface area contributed by atoms with E-state index in [0.717, 1.165) is 17.7 Å². The molecule has 0 aliphatic rings. The lowest BCUT2D eigenvalue weighted by Gasteiger charge is -2.15. The first-order valence-electron chi connectivity index (χ1n) is 6.10. The lowest BCUT2D eigenvalue weighted by atomic mass is 10.1. The predicted molar refractivity (Wildman–Crippen MR) is 73.1 cm³/mol. The number of anilines is 1. The van der Waals surface area contributed by atoms with Crippen LogP contribution in [0.15, 0.2) is 42.5 Å².